The minimum atomic E-state index is -0.874. The molecule has 0 spiro atoms. The Morgan fingerprint density at radius 2 is 2.15 bits per heavy atom. The average molecular weight is 290 g/mol. The third-order valence-corrected chi connectivity index (χ3v) is 4.23. The van der Waals surface area contributed by atoms with E-state index < -0.39 is 12.0 Å². The van der Waals surface area contributed by atoms with Gasteiger partial charge < -0.3 is 5.11 Å². The molecule has 2 N–H and O–H groups in total. The largest absolute Gasteiger partial charge is 0.480 e. The van der Waals surface area contributed by atoms with Gasteiger partial charge in [-0.1, -0.05) is 29.8 Å². The predicted molar refractivity (Wildman–Crippen MR) is 80.0 cm³/mol. The van der Waals surface area contributed by atoms with Gasteiger partial charge in [0.1, 0.15) is 11.0 Å². The highest BCUT2D eigenvalue weighted by atomic mass is 32.1. The maximum Gasteiger partial charge on any atom is 0.325 e. The van der Waals surface area contributed by atoms with Crippen LogP contribution in [0.5, 0.6) is 0 Å². The number of hydrogen-bond acceptors (Lipinski definition) is 4. The molecule has 4 nitrogen and oxygen atoms in total. The first-order valence-electron chi connectivity index (χ1n) is 6.43. The lowest BCUT2D eigenvalue weighted by atomic mass is 10.0. The number of hydrogen-bond donors (Lipinski definition) is 2. The molecule has 0 saturated heterocycles. The number of carboxylic acid groups (broad SMARTS) is 1. The Hall–Kier alpha value is -1.72. The van der Waals surface area contributed by atoms with Crippen LogP contribution in [0.4, 0.5) is 0 Å². The summed E-state index contributed by atoms with van der Waals surface area (Å²) in [5.74, 6) is -0.874. The highest BCUT2D eigenvalue weighted by Gasteiger charge is 2.19. The summed E-state index contributed by atoms with van der Waals surface area (Å²) in [7, 11) is 0. The van der Waals surface area contributed by atoms with Crippen LogP contribution < -0.4 is 5.32 Å². The summed E-state index contributed by atoms with van der Waals surface area (Å²) in [5.41, 5.74) is 2.83. The van der Waals surface area contributed by atoms with E-state index in [9.17, 15) is 9.90 Å². The van der Waals surface area contributed by atoms with E-state index in [1.54, 1.807) is 11.3 Å². The van der Waals surface area contributed by atoms with Crippen molar-refractivity contribution in [3.63, 3.8) is 0 Å². The fraction of sp³-hybridized carbons (Fsp3) is 0.333. The second kappa shape index (κ2) is 6.15. The maximum absolute atomic E-state index is 11.4. The second-order valence-corrected chi connectivity index (χ2v) is 6.10. The van der Waals surface area contributed by atoms with E-state index >= 15 is 0 Å². The quantitative estimate of drug-likeness (QED) is 0.888. The summed E-state index contributed by atoms with van der Waals surface area (Å²) >= 11 is 1.60. The van der Waals surface area contributed by atoms with Crippen LogP contribution in [0.1, 0.15) is 32.7 Å². The van der Waals surface area contributed by atoms with E-state index in [4.69, 9.17) is 0 Å². The molecule has 106 valence electrons. The van der Waals surface area contributed by atoms with Crippen LogP contribution in [-0.2, 0) is 11.3 Å². The molecule has 2 aromatic rings. The van der Waals surface area contributed by atoms with E-state index in [2.05, 4.69) is 10.3 Å². The molecule has 5 heteroatoms. The number of thiazole rings is 1. The van der Waals surface area contributed by atoms with Crippen molar-refractivity contribution in [1.82, 2.24) is 10.3 Å². The van der Waals surface area contributed by atoms with Crippen LogP contribution in [0.25, 0.3) is 0 Å². The Morgan fingerprint density at radius 3 is 2.70 bits per heavy atom. The maximum atomic E-state index is 11.4. The van der Waals surface area contributed by atoms with Crippen molar-refractivity contribution >= 4 is 17.3 Å². The van der Waals surface area contributed by atoms with Gasteiger partial charge >= 0.3 is 5.97 Å². The Morgan fingerprint density at radius 1 is 1.40 bits per heavy atom. The van der Waals surface area contributed by atoms with Crippen molar-refractivity contribution < 1.29 is 9.90 Å². The molecular weight excluding hydrogens is 272 g/mol. The predicted octanol–water partition coefficient (Wildman–Crippen LogP) is 2.98. The van der Waals surface area contributed by atoms with Crippen molar-refractivity contribution in [3.8, 4) is 0 Å². The molecule has 0 aliphatic rings. The third-order valence-electron chi connectivity index (χ3n) is 3.15. The zero-order valence-corrected chi connectivity index (χ0v) is 12.6. The zero-order chi connectivity index (χ0) is 14.7. The van der Waals surface area contributed by atoms with Gasteiger partial charge in [0.2, 0.25) is 0 Å². The summed E-state index contributed by atoms with van der Waals surface area (Å²) < 4.78 is 0. The zero-order valence-electron chi connectivity index (χ0n) is 11.8. The molecule has 0 radical (unpaired) electrons. The molecule has 0 bridgehead atoms. The molecule has 0 aliphatic heterocycles. The van der Waals surface area contributed by atoms with Crippen molar-refractivity contribution in [3.05, 3.63) is 51.0 Å². The first kappa shape index (κ1) is 14.7. The number of nitrogens with one attached hydrogen (secondary N) is 1. The molecule has 0 aliphatic carbocycles. The lowest BCUT2D eigenvalue weighted by Gasteiger charge is -2.14. The van der Waals surface area contributed by atoms with Crippen molar-refractivity contribution in [2.24, 2.45) is 0 Å². The van der Waals surface area contributed by atoms with Crippen LogP contribution in [0.15, 0.2) is 24.3 Å². The van der Waals surface area contributed by atoms with Gasteiger partial charge in [-0.25, -0.2) is 4.98 Å². The molecular formula is C15H18N2O2S. The van der Waals surface area contributed by atoms with Gasteiger partial charge in [0.05, 0.1) is 5.69 Å². The van der Waals surface area contributed by atoms with Crippen molar-refractivity contribution in [2.75, 3.05) is 0 Å². The lowest BCUT2D eigenvalue weighted by molar-refractivity contribution is -0.139. The van der Waals surface area contributed by atoms with Gasteiger partial charge in [-0.2, -0.15) is 0 Å². The number of aromatic nitrogens is 1. The number of aryl methyl sites for hydroxylation is 3. The Kier molecular flexibility index (Phi) is 4.52. The second-order valence-electron chi connectivity index (χ2n) is 4.82. The van der Waals surface area contributed by atoms with Crippen LogP contribution >= 0.6 is 11.3 Å². The SMILES string of the molecule is Cc1cccc(C(NCc2nc(C)c(C)s2)C(=O)O)c1. The summed E-state index contributed by atoms with van der Waals surface area (Å²) in [6.45, 7) is 6.40. The molecule has 20 heavy (non-hydrogen) atoms. The number of carbonyl (C=O) groups is 1. The van der Waals surface area contributed by atoms with Gasteiger partial charge in [0.25, 0.3) is 0 Å². The topological polar surface area (TPSA) is 62.2 Å². The molecule has 0 saturated carbocycles. The molecule has 0 amide bonds. The van der Waals surface area contributed by atoms with Gasteiger partial charge in [-0.15, -0.1) is 11.3 Å². The fourth-order valence-electron chi connectivity index (χ4n) is 2.00. The number of aliphatic carboxylic acids is 1. The third kappa shape index (κ3) is 3.43. The molecule has 2 rings (SSSR count). The van der Waals surface area contributed by atoms with E-state index in [1.807, 2.05) is 45.0 Å². The Bertz CT molecular complexity index is 603. The summed E-state index contributed by atoms with van der Waals surface area (Å²) in [6.07, 6.45) is 0. The van der Waals surface area contributed by atoms with Gasteiger partial charge in [0, 0.05) is 11.4 Å². The summed E-state index contributed by atoms with van der Waals surface area (Å²) in [6, 6.07) is 6.84. The highest BCUT2D eigenvalue weighted by molar-refractivity contribution is 7.11. The number of rotatable bonds is 5. The van der Waals surface area contributed by atoms with Crippen molar-refractivity contribution in [1.29, 1.82) is 0 Å². The van der Waals surface area contributed by atoms with E-state index in [0.29, 0.717) is 6.54 Å². The smallest absolute Gasteiger partial charge is 0.325 e. The summed E-state index contributed by atoms with van der Waals surface area (Å²) in [5, 5.41) is 13.4. The van der Waals surface area contributed by atoms with E-state index in [-0.39, 0.29) is 0 Å². The molecule has 1 heterocycles. The monoisotopic (exact) mass is 290 g/mol. The van der Waals surface area contributed by atoms with Crippen LogP contribution in [0, 0.1) is 20.8 Å². The average Bonchev–Trinajstić information content (AvgIpc) is 2.68. The molecule has 1 unspecified atom stereocenters. The summed E-state index contributed by atoms with van der Waals surface area (Å²) in [4.78, 5) is 17.0. The van der Waals surface area contributed by atoms with Gasteiger partial charge in [-0.05, 0) is 26.3 Å². The minimum absolute atomic E-state index is 0.463. The normalized spacial score (nSPS) is 12.3. The fourth-order valence-corrected chi connectivity index (χ4v) is 2.89. The minimum Gasteiger partial charge on any atom is -0.480 e. The lowest BCUT2D eigenvalue weighted by Crippen LogP contribution is -2.28. The van der Waals surface area contributed by atoms with E-state index in [1.165, 1.54) is 4.88 Å². The highest BCUT2D eigenvalue weighted by Crippen LogP contribution is 2.19. The van der Waals surface area contributed by atoms with Crippen LogP contribution in [0.3, 0.4) is 0 Å². The Balaban J connectivity index is 2.12. The molecule has 0 fully saturated rings. The van der Waals surface area contributed by atoms with Crippen molar-refractivity contribution in [2.45, 2.75) is 33.4 Å². The Labute approximate surface area is 122 Å². The van der Waals surface area contributed by atoms with Gasteiger partial charge in [-0.3, -0.25) is 10.1 Å². The number of nitrogens with zero attached hydrogens (tertiary/aromatic N) is 1. The first-order chi connectivity index (χ1) is 9.47. The molecule has 1 aromatic carbocycles. The van der Waals surface area contributed by atoms with E-state index in [0.717, 1.165) is 21.8 Å². The molecule has 1 aromatic heterocycles. The molecule has 1 atom stereocenters. The number of benzene rings is 1. The van der Waals surface area contributed by atoms with Crippen LogP contribution in [-0.4, -0.2) is 16.1 Å². The number of carboxylic acids is 1. The standard InChI is InChI=1S/C15H18N2O2S/c1-9-5-4-6-12(7-9)14(15(18)19)16-8-13-17-10(2)11(3)20-13/h4-7,14,16H,8H2,1-3H3,(H,18,19). The first-order valence-corrected chi connectivity index (χ1v) is 7.24. The van der Waals surface area contributed by atoms with Crippen LogP contribution in [0.2, 0.25) is 0 Å². The van der Waals surface area contributed by atoms with Gasteiger partial charge in [0.15, 0.2) is 0 Å².